The molecule has 0 aromatic heterocycles. The van der Waals surface area contributed by atoms with E-state index in [1.54, 1.807) is 6.92 Å². The molecule has 5 amide bonds. The van der Waals surface area contributed by atoms with Gasteiger partial charge in [-0.25, -0.2) is 15.6 Å². The number of fused-ring (bicyclic) bond motifs is 3. The normalized spacial score (nSPS) is 32.6. The average Bonchev–Trinajstić information content (AvgIpc) is 3.59. The summed E-state index contributed by atoms with van der Waals surface area (Å²) in [6, 6.07) is -5.11. The van der Waals surface area contributed by atoms with E-state index < -0.39 is 83.8 Å². The highest BCUT2D eigenvalue weighted by Crippen LogP contribution is 2.27. The predicted molar refractivity (Wildman–Crippen MR) is 179 cm³/mol. The van der Waals surface area contributed by atoms with E-state index in [0.717, 1.165) is 0 Å². The number of amides is 5. The van der Waals surface area contributed by atoms with E-state index >= 15 is 0 Å². The fourth-order valence-corrected chi connectivity index (χ4v) is 7.20. The van der Waals surface area contributed by atoms with Crippen LogP contribution in [0.25, 0.3) is 0 Å². The van der Waals surface area contributed by atoms with Gasteiger partial charge >= 0.3 is 5.97 Å². The van der Waals surface area contributed by atoms with Crippen LogP contribution < -0.4 is 16.2 Å². The van der Waals surface area contributed by atoms with Gasteiger partial charge < -0.3 is 25.0 Å². The zero-order valence-electron chi connectivity index (χ0n) is 30.1. The monoisotopic (exact) mass is 691 g/mol. The summed E-state index contributed by atoms with van der Waals surface area (Å²) in [7, 11) is 1.52. The third-order valence-electron chi connectivity index (χ3n) is 10.6. The van der Waals surface area contributed by atoms with E-state index in [9.17, 15) is 33.9 Å². The minimum atomic E-state index is -1.26. The fourth-order valence-electron chi connectivity index (χ4n) is 7.20. The van der Waals surface area contributed by atoms with Gasteiger partial charge in [0.2, 0.25) is 17.7 Å². The van der Waals surface area contributed by atoms with Crippen LogP contribution >= 0.6 is 0 Å². The Balaban J connectivity index is 1.83. The van der Waals surface area contributed by atoms with Gasteiger partial charge in [0.15, 0.2) is 6.10 Å². The van der Waals surface area contributed by atoms with Gasteiger partial charge in [-0.15, -0.1) is 0 Å². The molecule has 9 atom stereocenters. The molecule has 276 valence electrons. The summed E-state index contributed by atoms with van der Waals surface area (Å²) in [5, 5.41) is 15.9. The highest BCUT2D eigenvalue weighted by atomic mass is 16.6. The summed E-state index contributed by atoms with van der Waals surface area (Å²) in [5.74, 6) is -4.11. The van der Waals surface area contributed by atoms with Crippen molar-refractivity contribution < 1.29 is 38.6 Å². The molecule has 4 saturated heterocycles. The Bertz CT molecular complexity index is 1250. The van der Waals surface area contributed by atoms with Crippen molar-refractivity contribution in [1.82, 2.24) is 36.0 Å². The largest absolute Gasteiger partial charge is 0.450 e. The molecule has 0 spiro atoms. The Morgan fingerprint density at radius 2 is 1.47 bits per heavy atom. The van der Waals surface area contributed by atoms with Crippen molar-refractivity contribution in [2.75, 3.05) is 26.7 Å². The number of β-amino-alcohol motifs (C(OH)–C–C–N with tert-alkyl or cyclic N) is 1. The van der Waals surface area contributed by atoms with Gasteiger partial charge in [0.05, 0.1) is 6.10 Å². The minimum absolute atomic E-state index is 0.000593. The van der Waals surface area contributed by atoms with Gasteiger partial charge in [0.25, 0.3) is 11.8 Å². The van der Waals surface area contributed by atoms with Crippen molar-refractivity contribution in [3.05, 3.63) is 0 Å². The first-order valence-electron chi connectivity index (χ1n) is 18.1. The number of nitrogens with one attached hydrogen (secondary N) is 3. The number of carbonyl (C=O) groups is 6. The van der Waals surface area contributed by atoms with Crippen LogP contribution in [-0.2, 0) is 33.5 Å². The van der Waals surface area contributed by atoms with Crippen LogP contribution in [0.5, 0.6) is 0 Å². The van der Waals surface area contributed by atoms with Crippen LogP contribution in [0.1, 0.15) is 92.9 Å². The summed E-state index contributed by atoms with van der Waals surface area (Å²) in [6.07, 6.45) is 0.829. The van der Waals surface area contributed by atoms with Crippen LogP contribution in [0, 0.1) is 17.8 Å². The number of hydrazine groups is 2. The maximum absolute atomic E-state index is 14.4. The quantitative estimate of drug-likeness (QED) is 0.283. The van der Waals surface area contributed by atoms with Crippen LogP contribution in [0.15, 0.2) is 0 Å². The Morgan fingerprint density at radius 3 is 2.12 bits per heavy atom. The molecule has 0 aromatic rings. The smallest absolute Gasteiger partial charge is 0.329 e. The molecular formula is C34H57N7O8. The Hall–Kier alpha value is -3.30. The van der Waals surface area contributed by atoms with E-state index in [0.29, 0.717) is 51.6 Å². The SMILES string of the molecule is CCC(C)C1NC(=O)C2CCCN2C(=O)C(CC(C)C)N(C)C(=O)C2CC(O)CNN2C(=O)C2CCCNN2C(=O)C(C(C)CC)OC1=O. The first-order valence-corrected chi connectivity index (χ1v) is 18.1. The lowest BCUT2D eigenvalue weighted by atomic mass is 9.96. The molecule has 4 fully saturated rings. The number of ether oxygens (including phenoxy) is 1. The molecule has 49 heavy (non-hydrogen) atoms. The second-order valence-corrected chi connectivity index (χ2v) is 14.6. The fraction of sp³-hybridized carbons (Fsp3) is 0.824. The molecule has 0 aromatic carbocycles. The van der Waals surface area contributed by atoms with Gasteiger partial charge in [-0.05, 0) is 50.4 Å². The number of cyclic esters (lactones) is 1. The summed E-state index contributed by atoms with van der Waals surface area (Å²) < 4.78 is 5.97. The zero-order chi connectivity index (χ0) is 36.2. The van der Waals surface area contributed by atoms with E-state index in [4.69, 9.17) is 4.74 Å². The summed E-state index contributed by atoms with van der Waals surface area (Å²) in [4.78, 5) is 87.9. The summed E-state index contributed by atoms with van der Waals surface area (Å²) in [5.41, 5.74) is 5.95. The van der Waals surface area contributed by atoms with Crippen molar-refractivity contribution in [2.45, 2.75) is 135 Å². The number of rotatable bonds is 6. The number of aliphatic hydroxyl groups excluding tert-OH is 1. The van der Waals surface area contributed by atoms with Crippen molar-refractivity contribution in [3.8, 4) is 0 Å². The van der Waals surface area contributed by atoms with Crippen LogP contribution in [0.3, 0.4) is 0 Å². The first kappa shape index (κ1) is 38.5. The number of likely N-dealkylation sites (N-methyl/N-ethyl adjacent to an activating group) is 1. The maximum Gasteiger partial charge on any atom is 0.329 e. The standard InChI is InChI=1S/C34H57N7O8/c1-8-20(5)27-34(48)49-28(21(6)9-2)33(47)40-24(12-10-14-35-40)32(46)41-26(17-22(42)18-36-41)30(44)38(7)25(16-19(3)4)31(45)39-15-11-13-23(39)29(43)37-27/h19-28,35-36,42H,8-18H2,1-7H3,(H,37,43). The van der Waals surface area contributed by atoms with Gasteiger partial charge in [-0.1, -0.05) is 48.0 Å². The van der Waals surface area contributed by atoms with Crippen molar-refractivity contribution in [3.63, 3.8) is 0 Å². The summed E-state index contributed by atoms with van der Waals surface area (Å²) >= 11 is 0. The average molecular weight is 692 g/mol. The van der Waals surface area contributed by atoms with Gasteiger partial charge in [-0.2, -0.15) is 0 Å². The number of nitrogens with zero attached hydrogens (tertiary/aromatic N) is 4. The molecule has 9 unspecified atom stereocenters. The predicted octanol–water partition coefficient (Wildman–Crippen LogP) is 0.315. The number of hydrogen-bond donors (Lipinski definition) is 4. The van der Waals surface area contributed by atoms with Gasteiger partial charge in [0, 0.05) is 39.0 Å². The third kappa shape index (κ3) is 8.37. The third-order valence-corrected chi connectivity index (χ3v) is 10.6. The van der Waals surface area contributed by atoms with E-state index in [-0.39, 0.29) is 31.2 Å². The van der Waals surface area contributed by atoms with Crippen LogP contribution in [0.4, 0.5) is 0 Å². The van der Waals surface area contributed by atoms with Crippen molar-refractivity contribution >= 4 is 35.5 Å². The molecule has 0 radical (unpaired) electrons. The lowest BCUT2D eigenvalue weighted by Crippen LogP contribution is -2.69. The molecule has 15 nitrogen and oxygen atoms in total. The molecule has 0 bridgehead atoms. The molecule has 15 heteroatoms. The van der Waals surface area contributed by atoms with Crippen LogP contribution in [0.2, 0.25) is 0 Å². The minimum Gasteiger partial charge on any atom is -0.450 e. The van der Waals surface area contributed by atoms with E-state index in [2.05, 4.69) is 16.2 Å². The van der Waals surface area contributed by atoms with E-state index in [1.807, 2.05) is 34.6 Å². The molecular weight excluding hydrogens is 634 g/mol. The van der Waals surface area contributed by atoms with Crippen molar-refractivity contribution in [1.29, 1.82) is 0 Å². The highest BCUT2D eigenvalue weighted by Gasteiger charge is 2.48. The van der Waals surface area contributed by atoms with Gasteiger partial charge in [-0.3, -0.25) is 34.0 Å². The number of carbonyl (C=O) groups excluding carboxylic acids is 6. The maximum atomic E-state index is 14.4. The molecule has 4 heterocycles. The van der Waals surface area contributed by atoms with Crippen LogP contribution in [-0.4, -0.2) is 130 Å². The number of esters is 1. The lowest BCUT2D eigenvalue weighted by molar-refractivity contribution is -0.175. The molecule has 4 aliphatic rings. The Kier molecular flexibility index (Phi) is 13.0. The molecule has 4 rings (SSSR count). The Morgan fingerprint density at radius 1 is 0.816 bits per heavy atom. The van der Waals surface area contributed by atoms with Crippen molar-refractivity contribution in [2.24, 2.45) is 17.8 Å². The summed E-state index contributed by atoms with van der Waals surface area (Å²) in [6.45, 7) is 11.9. The molecule has 0 saturated carbocycles. The van der Waals surface area contributed by atoms with Gasteiger partial charge in [0.1, 0.15) is 30.2 Å². The zero-order valence-corrected chi connectivity index (χ0v) is 30.1. The Labute approximate surface area is 289 Å². The highest BCUT2D eigenvalue weighted by molar-refractivity contribution is 5.97. The number of aliphatic hydroxyl groups is 1. The second-order valence-electron chi connectivity index (χ2n) is 14.6. The molecule has 4 N–H and O–H groups in total. The van der Waals surface area contributed by atoms with E-state index in [1.165, 1.54) is 26.9 Å². The second kappa shape index (κ2) is 16.6. The lowest BCUT2D eigenvalue weighted by Gasteiger charge is -2.45. The molecule has 4 aliphatic heterocycles. The topological polar surface area (TPSA) is 181 Å². The first-order chi connectivity index (χ1) is 23.2. The molecule has 0 aliphatic carbocycles. The number of hydrogen-bond acceptors (Lipinski definition) is 10.